The number of pyridine rings is 1. The SMILES string of the molecule is Cc1ncc(-c2ccccc2)cc1N1C(=O)C(C)N(C)C1=O. The Morgan fingerprint density at radius 1 is 1.09 bits per heavy atom. The lowest BCUT2D eigenvalue weighted by atomic mass is 10.1. The van der Waals surface area contributed by atoms with Gasteiger partial charge in [0.15, 0.2) is 0 Å². The first-order chi connectivity index (χ1) is 10.5. The van der Waals surface area contributed by atoms with Crippen molar-refractivity contribution in [3.8, 4) is 11.1 Å². The number of aryl methyl sites for hydroxylation is 1. The van der Waals surface area contributed by atoms with Crippen LogP contribution in [0.5, 0.6) is 0 Å². The molecule has 0 spiro atoms. The van der Waals surface area contributed by atoms with Crippen molar-refractivity contribution in [2.24, 2.45) is 0 Å². The summed E-state index contributed by atoms with van der Waals surface area (Å²) >= 11 is 0. The average Bonchev–Trinajstić information content (AvgIpc) is 2.73. The molecule has 0 aliphatic carbocycles. The molecule has 2 aromatic rings. The summed E-state index contributed by atoms with van der Waals surface area (Å²) < 4.78 is 0. The van der Waals surface area contributed by atoms with Crippen LogP contribution in [0.2, 0.25) is 0 Å². The van der Waals surface area contributed by atoms with E-state index >= 15 is 0 Å². The smallest absolute Gasteiger partial charge is 0.315 e. The summed E-state index contributed by atoms with van der Waals surface area (Å²) in [7, 11) is 1.63. The standard InChI is InChI=1S/C17H17N3O2/c1-11-15(20-16(21)12(2)19(3)17(20)22)9-14(10-18-11)13-7-5-4-6-8-13/h4-10,12H,1-3H3. The van der Waals surface area contributed by atoms with E-state index in [1.165, 1.54) is 9.80 Å². The molecule has 0 N–H and O–H groups in total. The molecule has 1 aliphatic rings. The molecule has 1 aliphatic heterocycles. The van der Waals surface area contributed by atoms with E-state index in [9.17, 15) is 9.59 Å². The molecule has 2 heterocycles. The van der Waals surface area contributed by atoms with Gasteiger partial charge in [-0.3, -0.25) is 9.78 Å². The zero-order valence-corrected chi connectivity index (χ0v) is 12.8. The summed E-state index contributed by atoms with van der Waals surface area (Å²) in [5, 5.41) is 0. The first-order valence-corrected chi connectivity index (χ1v) is 7.13. The number of imide groups is 1. The van der Waals surface area contributed by atoms with Gasteiger partial charge in [0.25, 0.3) is 5.91 Å². The van der Waals surface area contributed by atoms with E-state index in [0.29, 0.717) is 11.4 Å². The van der Waals surface area contributed by atoms with Gasteiger partial charge in [-0.05, 0) is 25.5 Å². The zero-order valence-electron chi connectivity index (χ0n) is 12.8. The predicted octanol–water partition coefficient (Wildman–Crippen LogP) is 2.84. The van der Waals surface area contributed by atoms with Crippen LogP contribution in [0.25, 0.3) is 11.1 Å². The molecule has 5 heteroatoms. The number of urea groups is 1. The number of amides is 3. The molecule has 0 bridgehead atoms. The van der Waals surface area contributed by atoms with Gasteiger partial charge in [-0.2, -0.15) is 0 Å². The highest BCUT2D eigenvalue weighted by Crippen LogP contribution is 2.30. The van der Waals surface area contributed by atoms with Crippen LogP contribution >= 0.6 is 0 Å². The predicted molar refractivity (Wildman–Crippen MR) is 84.5 cm³/mol. The molecule has 1 aromatic carbocycles. The second-order valence-electron chi connectivity index (χ2n) is 5.44. The van der Waals surface area contributed by atoms with Crippen LogP contribution < -0.4 is 4.90 Å². The lowest BCUT2D eigenvalue weighted by Gasteiger charge is -2.17. The fourth-order valence-corrected chi connectivity index (χ4v) is 2.53. The largest absolute Gasteiger partial charge is 0.331 e. The van der Waals surface area contributed by atoms with Crippen LogP contribution in [0.15, 0.2) is 42.6 Å². The third-order valence-corrected chi connectivity index (χ3v) is 4.06. The number of hydrogen-bond donors (Lipinski definition) is 0. The molecule has 1 aromatic heterocycles. The lowest BCUT2D eigenvalue weighted by Crippen LogP contribution is -2.32. The van der Waals surface area contributed by atoms with Gasteiger partial charge < -0.3 is 4.90 Å². The molecule has 0 saturated carbocycles. The minimum Gasteiger partial charge on any atom is -0.315 e. The van der Waals surface area contributed by atoms with Crippen molar-refractivity contribution in [3.05, 3.63) is 48.3 Å². The van der Waals surface area contributed by atoms with Crippen molar-refractivity contribution >= 4 is 17.6 Å². The number of hydrogen-bond acceptors (Lipinski definition) is 3. The van der Waals surface area contributed by atoms with Crippen LogP contribution in [-0.4, -0.2) is 34.9 Å². The first-order valence-electron chi connectivity index (χ1n) is 7.13. The quantitative estimate of drug-likeness (QED) is 0.801. The summed E-state index contributed by atoms with van der Waals surface area (Å²) in [6.45, 7) is 3.53. The molecule has 22 heavy (non-hydrogen) atoms. The number of benzene rings is 1. The summed E-state index contributed by atoms with van der Waals surface area (Å²) in [6, 6.07) is 10.8. The van der Waals surface area contributed by atoms with E-state index in [1.54, 1.807) is 27.1 Å². The number of carbonyl (C=O) groups is 2. The van der Waals surface area contributed by atoms with E-state index < -0.39 is 6.04 Å². The number of anilines is 1. The van der Waals surface area contributed by atoms with Crippen molar-refractivity contribution in [1.82, 2.24) is 9.88 Å². The van der Waals surface area contributed by atoms with Crippen LogP contribution in [0.3, 0.4) is 0 Å². The van der Waals surface area contributed by atoms with Crippen molar-refractivity contribution in [2.75, 3.05) is 11.9 Å². The minimum atomic E-state index is -0.452. The summed E-state index contributed by atoms with van der Waals surface area (Å²) in [4.78, 5) is 31.7. The van der Waals surface area contributed by atoms with Gasteiger partial charge >= 0.3 is 6.03 Å². The molecule has 3 amide bonds. The van der Waals surface area contributed by atoms with Gasteiger partial charge in [-0.15, -0.1) is 0 Å². The summed E-state index contributed by atoms with van der Waals surface area (Å²) in [6.07, 6.45) is 1.76. The van der Waals surface area contributed by atoms with Gasteiger partial charge in [-0.1, -0.05) is 30.3 Å². The normalized spacial score (nSPS) is 18.2. The van der Waals surface area contributed by atoms with Gasteiger partial charge in [0.2, 0.25) is 0 Å². The maximum atomic E-state index is 12.4. The minimum absolute atomic E-state index is 0.220. The second kappa shape index (κ2) is 5.26. The topological polar surface area (TPSA) is 53.5 Å². The Labute approximate surface area is 129 Å². The highest BCUT2D eigenvalue weighted by Gasteiger charge is 2.41. The Morgan fingerprint density at radius 2 is 1.77 bits per heavy atom. The molecule has 5 nitrogen and oxygen atoms in total. The van der Waals surface area contributed by atoms with Crippen molar-refractivity contribution in [2.45, 2.75) is 19.9 Å². The van der Waals surface area contributed by atoms with Crippen molar-refractivity contribution in [1.29, 1.82) is 0 Å². The second-order valence-corrected chi connectivity index (χ2v) is 5.44. The lowest BCUT2D eigenvalue weighted by molar-refractivity contribution is -0.119. The highest BCUT2D eigenvalue weighted by atomic mass is 16.2. The van der Waals surface area contributed by atoms with E-state index in [1.807, 2.05) is 36.4 Å². The van der Waals surface area contributed by atoms with Crippen molar-refractivity contribution in [3.63, 3.8) is 0 Å². The van der Waals surface area contributed by atoms with E-state index in [2.05, 4.69) is 4.98 Å². The van der Waals surface area contributed by atoms with Crippen LogP contribution in [0.4, 0.5) is 10.5 Å². The Hall–Kier alpha value is -2.69. The maximum absolute atomic E-state index is 12.4. The van der Waals surface area contributed by atoms with Gasteiger partial charge in [0, 0.05) is 18.8 Å². The third kappa shape index (κ3) is 2.15. The molecule has 112 valence electrons. The fourth-order valence-electron chi connectivity index (χ4n) is 2.53. The number of nitrogens with zero attached hydrogens (tertiary/aromatic N) is 3. The Morgan fingerprint density at radius 3 is 2.36 bits per heavy atom. The molecule has 0 radical (unpaired) electrons. The molecule has 1 saturated heterocycles. The molecule has 1 atom stereocenters. The first kappa shape index (κ1) is 14.3. The Kier molecular flexibility index (Phi) is 3.41. The average molecular weight is 295 g/mol. The maximum Gasteiger partial charge on any atom is 0.331 e. The van der Waals surface area contributed by atoms with E-state index in [0.717, 1.165) is 11.1 Å². The Bertz CT molecular complexity index is 723. The number of carbonyl (C=O) groups excluding carboxylic acids is 2. The molecule has 1 fully saturated rings. The molecular weight excluding hydrogens is 278 g/mol. The molecular formula is C17H17N3O2. The highest BCUT2D eigenvalue weighted by molar-refractivity contribution is 6.21. The molecule has 3 rings (SSSR count). The number of rotatable bonds is 2. The van der Waals surface area contributed by atoms with Crippen LogP contribution in [0, 0.1) is 6.92 Å². The summed E-state index contributed by atoms with van der Waals surface area (Å²) in [5.74, 6) is -0.220. The number of aromatic nitrogens is 1. The van der Waals surface area contributed by atoms with Gasteiger partial charge in [0.1, 0.15) is 6.04 Å². The van der Waals surface area contributed by atoms with Gasteiger partial charge in [-0.25, -0.2) is 9.69 Å². The van der Waals surface area contributed by atoms with E-state index in [-0.39, 0.29) is 11.9 Å². The van der Waals surface area contributed by atoms with E-state index in [4.69, 9.17) is 0 Å². The fraction of sp³-hybridized carbons (Fsp3) is 0.235. The summed E-state index contributed by atoms with van der Waals surface area (Å²) in [5.41, 5.74) is 3.08. The number of likely N-dealkylation sites (N-methyl/N-ethyl adjacent to an activating group) is 1. The van der Waals surface area contributed by atoms with Gasteiger partial charge in [0.05, 0.1) is 11.4 Å². The van der Waals surface area contributed by atoms with Crippen molar-refractivity contribution < 1.29 is 9.59 Å². The van der Waals surface area contributed by atoms with Crippen LogP contribution in [0.1, 0.15) is 12.6 Å². The monoisotopic (exact) mass is 295 g/mol. The zero-order chi connectivity index (χ0) is 15.9. The Balaban J connectivity index is 2.08. The third-order valence-electron chi connectivity index (χ3n) is 4.06. The van der Waals surface area contributed by atoms with Crippen LogP contribution in [-0.2, 0) is 4.79 Å². The molecule has 1 unspecified atom stereocenters.